The summed E-state index contributed by atoms with van der Waals surface area (Å²) in [6.07, 6.45) is 1.57. The number of cyclic esters (lactones) is 1. The van der Waals surface area contributed by atoms with Crippen molar-refractivity contribution in [3.05, 3.63) is 101 Å². The fourth-order valence-electron chi connectivity index (χ4n) is 2.77. The highest BCUT2D eigenvalue weighted by atomic mass is 32.2. The molecule has 0 amide bonds. The molecule has 1 heterocycles. The molecule has 3 aromatic carbocycles. The predicted octanol–water partition coefficient (Wildman–Crippen LogP) is 4.11. The number of hydrogen-bond acceptors (Lipinski definition) is 6. The Hall–Kier alpha value is -3.71. The molecule has 0 spiro atoms. The minimum atomic E-state index is -3.92. The van der Waals surface area contributed by atoms with Crippen LogP contribution in [-0.4, -0.2) is 20.3 Å². The summed E-state index contributed by atoms with van der Waals surface area (Å²) in [7, 11) is -3.92. The van der Waals surface area contributed by atoms with Crippen LogP contribution in [0.4, 0.5) is 0 Å². The number of hydrogen-bond donors (Lipinski definition) is 0. The van der Waals surface area contributed by atoms with E-state index in [2.05, 4.69) is 4.99 Å². The van der Waals surface area contributed by atoms with E-state index in [1.165, 1.54) is 24.3 Å². The minimum absolute atomic E-state index is 0.0794. The Morgan fingerprint density at radius 1 is 0.900 bits per heavy atom. The van der Waals surface area contributed by atoms with Crippen LogP contribution in [0, 0.1) is 6.92 Å². The number of carbonyl (C=O) groups is 1. The van der Waals surface area contributed by atoms with Gasteiger partial charge in [-0.05, 0) is 55.0 Å². The van der Waals surface area contributed by atoms with Gasteiger partial charge in [-0.25, -0.2) is 9.79 Å². The molecule has 0 N–H and O–H groups in total. The number of carbonyl (C=O) groups excluding carboxylic acids is 1. The van der Waals surface area contributed by atoms with Crippen LogP contribution in [0.15, 0.2) is 94.4 Å². The molecule has 0 bridgehead atoms. The Morgan fingerprint density at radius 2 is 1.57 bits per heavy atom. The fourth-order valence-corrected chi connectivity index (χ4v) is 3.70. The third-order valence-electron chi connectivity index (χ3n) is 4.34. The van der Waals surface area contributed by atoms with Crippen molar-refractivity contribution in [2.75, 3.05) is 0 Å². The molecule has 0 saturated carbocycles. The molecular formula is C23H17NO5S. The lowest BCUT2D eigenvalue weighted by molar-refractivity contribution is -0.129. The fraction of sp³-hybridized carbons (Fsp3) is 0.0435. The average Bonchev–Trinajstić information content (AvgIpc) is 3.10. The van der Waals surface area contributed by atoms with E-state index in [0.29, 0.717) is 11.1 Å². The molecule has 30 heavy (non-hydrogen) atoms. The van der Waals surface area contributed by atoms with Crippen LogP contribution in [0.2, 0.25) is 0 Å². The zero-order valence-electron chi connectivity index (χ0n) is 16.0. The maximum atomic E-state index is 12.4. The van der Waals surface area contributed by atoms with Gasteiger partial charge in [0.05, 0.1) is 0 Å². The maximum Gasteiger partial charge on any atom is 0.363 e. The Kier molecular flexibility index (Phi) is 5.20. The normalized spacial score (nSPS) is 15.0. The van der Waals surface area contributed by atoms with Crippen molar-refractivity contribution in [1.82, 2.24) is 0 Å². The average molecular weight is 419 g/mol. The van der Waals surface area contributed by atoms with E-state index in [-0.39, 0.29) is 22.2 Å². The number of rotatable bonds is 5. The molecule has 3 aromatic rings. The summed E-state index contributed by atoms with van der Waals surface area (Å²) < 4.78 is 35.2. The summed E-state index contributed by atoms with van der Waals surface area (Å²) in [4.78, 5) is 16.4. The quantitative estimate of drug-likeness (QED) is 0.353. The van der Waals surface area contributed by atoms with Gasteiger partial charge in [-0.1, -0.05) is 48.0 Å². The van der Waals surface area contributed by atoms with Crippen LogP contribution in [-0.2, 0) is 19.6 Å². The molecule has 7 heteroatoms. The smallest absolute Gasteiger partial charge is 0.363 e. The van der Waals surface area contributed by atoms with Gasteiger partial charge in [0.25, 0.3) is 0 Å². The first-order chi connectivity index (χ1) is 14.4. The molecule has 1 aliphatic heterocycles. The molecule has 4 rings (SSSR count). The first-order valence-corrected chi connectivity index (χ1v) is 10.5. The number of ether oxygens (including phenoxy) is 1. The second-order valence-corrected chi connectivity index (χ2v) is 8.17. The van der Waals surface area contributed by atoms with Crippen molar-refractivity contribution in [3.8, 4) is 5.75 Å². The number of aliphatic imine (C=N–C) groups is 1. The van der Waals surface area contributed by atoms with Crippen LogP contribution in [0.5, 0.6) is 5.75 Å². The SMILES string of the molecule is Cc1ccc(S(=O)(=O)Oc2ccc(C=C3N=C(c4ccccc4)OC3=O)cc2)cc1. The number of benzene rings is 3. The van der Waals surface area contributed by atoms with Crippen LogP contribution >= 0.6 is 0 Å². The Labute approximate surface area is 174 Å². The summed E-state index contributed by atoms with van der Waals surface area (Å²) in [5, 5.41) is 0. The molecule has 0 saturated heterocycles. The monoisotopic (exact) mass is 419 g/mol. The summed E-state index contributed by atoms with van der Waals surface area (Å²) in [5.41, 5.74) is 2.48. The Morgan fingerprint density at radius 3 is 2.23 bits per heavy atom. The van der Waals surface area contributed by atoms with E-state index in [4.69, 9.17) is 8.92 Å². The Balaban J connectivity index is 1.52. The maximum absolute atomic E-state index is 12.4. The van der Waals surface area contributed by atoms with E-state index in [1.807, 2.05) is 25.1 Å². The van der Waals surface area contributed by atoms with Crippen LogP contribution in [0.25, 0.3) is 6.08 Å². The van der Waals surface area contributed by atoms with Crippen molar-refractivity contribution < 1.29 is 22.1 Å². The van der Waals surface area contributed by atoms with Gasteiger partial charge in [-0.3, -0.25) is 0 Å². The summed E-state index contributed by atoms with van der Waals surface area (Å²) in [6.45, 7) is 1.87. The van der Waals surface area contributed by atoms with Gasteiger partial charge in [0, 0.05) is 5.56 Å². The van der Waals surface area contributed by atoms with Crippen LogP contribution in [0.1, 0.15) is 16.7 Å². The predicted molar refractivity (Wildman–Crippen MR) is 112 cm³/mol. The van der Waals surface area contributed by atoms with E-state index in [1.54, 1.807) is 42.5 Å². The van der Waals surface area contributed by atoms with Crippen LogP contribution < -0.4 is 4.18 Å². The van der Waals surface area contributed by atoms with Gasteiger partial charge in [0.1, 0.15) is 10.6 Å². The minimum Gasteiger partial charge on any atom is -0.402 e. The highest BCUT2D eigenvalue weighted by molar-refractivity contribution is 7.87. The lowest BCUT2D eigenvalue weighted by atomic mass is 10.2. The number of esters is 1. The van der Waals surface area contributed by atoms with Crippen LogP contribution in [0.3, 0.4) is 0 Å². The largest absolute Gasteiger partial charge is 0.402 e. The second-order valence-electron chi connectivity index (χ2n) is 6.62. The summed E-state index contributed by atoms with van der Waals surface area (Å²) >= 11 is 0. The van der Waals surface area contributed by atoms with E-state index >= 15 is 0 Å². The topological polar surface area (TPSA) is 82.0 Å². The third-order valence-corrected chi connectivity index (χ3v) is 5.60. The number of aryl methyl sites for hydroxylation is 1. The molecule has 1 aliphatic rings. The van der Waals surface area contributed by atoms with Gasteiger partial charge >= 0.3 is 16.1 Å². The molecule has 0 unspecified atom stereocenters. The summed E-state index contributed by atoms with van der Waals surface area (Å²) in [5.74, 6) is -0.132. The van der Waals surface area contributed by atoms with Crippen molar-refractivity contribution in [3.63, 3.8) is 0 Å². The molecule has 6 nitrogen and oxygen atoms in total. The van der Waals surface area contributed by atoms with Crippen molar-refractivity contribution >= 4 is 28.1 Å². The molecular weight excluding hydrogens is 402 g/mol. The van der Waals surface area contributed by atoms with E-state index < -0.39 is 16.1 Å². The lowest BCUT2D eigenvalue weighted by Gasteiger charge is -2.07. The van der Waals surface area contributed by atoms with Gasteiger partial charge in [0.2, 0.25) is 5.90 Å². The third kappa shape index (κ3) is 4.31. The van der Waals surface area contributed by atoms with Crippen molar-refractivity contribution in [2.45, 2.75) is 11.8 Å². The zero-order chi connectivity index (χ0) is 21.1. The molecule has 0 radical (unpaired) electrons. The summed E-state index contributed by atoms with van der Waals surface area (Å²) in [6, 6.07) is 21.8. The second kappa shape index (κ2) is 7.96. The standard InChI is InChI=1S/C23H17NO5S/c1-16-7-13-20(14-8-16)30(26,27)29-19-11-9-17(10-12-19)15-21-23(25)28-22(24-21)18-5-3-2-4-6-18/h2-15H,1H3. The van der Waals surface area contributed by atoms with Gasteiger partial charge in [-0.2, -0.15) is 8.42 Å². The first-order valence-electron chi connectivity index (χ1n) is 9.10. The highest BCUT2D eigenvalue weighted by Crippen LogP contribution is 2.22. The Bertz CT molecular complexity index is 1240. The van der Waals surface area contributed by atoms with E-state index in [0.717, 1.165) is 5.56 Å². The van der Waals surface area contributed by atoms with E-state index in [9.17, 15) is 13.2 Å². The highest BCUT2D eigenvalue weighted by Gasteiger charge is 2.24. The first kappa shape index (κ1) is 19.6. The van der Waals surface area contributed by atoms with Gasteiger partial charge in [-0.15, -0.1) is 0 Å². The molecule has 0 atom stereocenters. The van der Waals surface area contributed by atoms with Gasteiger partial charge < -0.3 is 8.92 Å². The zero-order valence-corrected chi connectivity index (χ0v) is 16.8. The molecule has 150 valence electrons. The molecule has 0 aliphatic carbocycles. The molecule has 0 fully saturated rings. The van der Waals surface area contributed by atoms with Crippen molar-refractivity contribution in [1.29, 1.82) is 0 Å². The number of nitrogens with zero attached hydrogens (tertiary/aromatic N) is 1. The molecule has 0 aromatic heterocycles. The van der Waals surface area contributed by atoms with Crippen molar-refractivity contribution in [2.24, 2.45) is 4.99 Å². The van der Waals surface area contributed by atoms with Gasteiger partial charge in [0.15, 0.2) is 5.70 Å². The lowest BCUT2D eigenvalue weighted by Crippen LogP contribution is -2.09.